The van der Waals surface area contributed by atoms with Crippen LogP contribution in [0.5, 0.6) is 0 Å². The van der Waals surface area contributed by atoms with E-state index < -0.39 is 0 Å². The Morgan fingerprint density at radius 3 is 2.55 bits per heavy atom. The number of nitrogens with zero attached hydrogens (tertiary/aromatic N) is 2. The Hall–Kier alpha value is -2.48. The molecule has 0 radical (unpaired) electrons. The molecule has 2 heteroatoms. The molecule has 1 aromatic carbocycles. The lowest BCUT2D eigenvalue weighted by atomic mass is 9.96. The minimum atomic E-state index is 1.01. The van der Waals surface area contributed by atoms with Gasteiger partial charge in [-0.2, -0.15) is 4.57 Å². The highest BCUT2D eigenvalue weighted by molar-refractivity contribution is 5.64. The van der Waals surface area contributed by atoms with Gasteiger partial charge in [0, 0.05) is 30.3 Å². The van der Waals surface area contributed by atoms with E-state index >= 15 is 0 Å². The first-order valence-electron chi connectivity index (χ1n) is 6.96. The van der Waals surface area contributed by atoms with Crippen LogP contribution in [-0.4, -0.2) is 4.98 Å². The summed E-state index contributed by atoms with van der Waals surface area (Å²) in [4.78, 5) is 4.49. The zero-order chi connectivity index (χ0) is 13.4. The Morgan fingerprint density at radius 1 is 0.800 bits per heavy atom. The van der Waals surface area contributed by atoms with Crippen LogP contribution in [0.15, 0.2) is 66.9 Å². The minimum Gasteiger partial charge on any atom is -0.250 e. The minimum absolute atomic E-state index is 1.01. The molecule has 3 heterocycles. The molecular weight excluding hydrogens is 244 g/mol. The molecule has 2 aromatic heterocycles. The van der Waals surface area contributed by atoms with E-state index in [0.717, 1.165) is 18.7 Å². The van der Waals surface area contributed by atoms with Gasteiger partial charge in [-0.3, -0.25) is 0 Å². The number of aryl methyl sites for hydroxylation is 1. The molecule has 96 valence electrons. The second kappa shape index (κ2) is 4.57. The van der Waals surface area contributed by atoms with Gasteiger partial charge >= 0.3 is 0 Å². The number of rotatable bonds is 1. The summed E-state index contributed by atoms with van der Waals surface area (Å²) >= 11 is 0. The SMILES string of the molecule is c1ccc(-c2cccc3[n+]2CCc2ccccc2-3)nc1. The van der Waals surface area contributed by atoms with Crippen LogP contribution in [-0.2, 0) is 13.0 Å². The van der Waals surface area contributed by atoms with Crippen molar-refractivity contribution in [1.29, 1.82) is 0 Å². The van der Waals surface area contributed by atoms with Crippen LogP contribution < -0.4 is 4.57 Å². The Kier molecular flexibility index (Phi) is 2.59. The summed E-state index contributed by atoms with van der Waals surface area (Å²) in [7, 11) is 0. The molecule has 1 aliphatic heterocycles. The van der Waals surface area contributed by atoms with Crippen molar-refractivity contribution in [2.45, 2.75) is 13.0 Å². The third kappa shape index (κ3) is 1.73. The van der Waals surface area contributed by atoms with E-state index in [1.807, 2.05) is 18.3 Å². The van der Waals surface area contributed by atoms with Crippen LogP contribution in [0.25, 0.3) is 22.6 Å². The van der Waals surface area contributed by atoms with Crippen molar-refractivity contribution in [3.63, 3.8) is 0 Å². The van der Waals surface area contributed by atoms with Gasteiger partial charge in [0.05, 0.1) is 0 Å². The normalized spacial score (nSPS) is 12.6. The zero-order valence-electron chi connectivity index (χ0n) is 11.2. The van der Waals surface area contributed by atoms with Crippen molar-refractivity contribution in [2.75, 3.05) is 0 Å². The van der Waals surface area contributed by atoms with Gasteiger partial charge in [0.15, 0.2) is 6.54 Å². The number of aromatic nitrogens is 2. The third-order valence-corrected chi connectivity index (χ3v) is 3.92. The van der Waals surface area contributed by atoms with Crippen LogP contribution >= 0.6 is 0 Å². The largest absolute Gasteiger partial charge is 0.250 e. The number of benzene rings is 1. The van der Waals surface area contributed by atoms with E-state index in [-0.39, 0.29) is 0 Å². The maximum Gasteiger partial charge on any atom is 0.231 e. The van der Waals surface area contributed by atoms with Crippen molar-refractivity contribution < 1.29 is 4.57 Å². The van der Waals surface area contributed by atoms with Gasteiger partial charge in [-0.05, 0) is 29.8 Å². The second-order valence-electron chi connectivity index (χ2n) is 5.07. The monoisotopic (exact) mass is 259 g/mol. The van der Waals surface area contributed by atoms with Gasteiger partial charge in [-0.15, -0.1) is 0 Å². The van der Waals surface area contributed by atoms with Gasteiger partial charge in [0.2, 0.25) is 11.4 Å². The Labute approximate surface area is 118 Å². The molecular formula is C18H15N2+. The first-order chi connectivity index (χ1) is 9.93. The van der Waals surface area contributed by atoms with Crippen LogP contribution in [0.4, 0.5) is 0 Å². The molecule has 0 aliphatic carbocycles. The fourth-order valence-corrected chi connectivity index (χ4v) is 2.97. The molecule has 0 N–H and O–H groups in total. The molecule has 0 atom stereocenters. The van der Waals surface area contributed by atoms with Crippen molar-refractivity contribution in [3.8, 4) is 22.6 Å². The average molecular weight is 259 g/mol. The Bertz CT molecular complexity index is 749. The molecule has 0 spiro atoms. The van der Waals surface area contributed by atoms with Crippen molar-refractivity contribution >= 4 is 0 Å². The molecule has 0 amide bonds. The van der Waals surface area contributed by atoms with Gasteiger partial charge in [0.25, 0.3) is 0 Å². The first-order valence-corrected chi connectivity index (χ1v) is 6.96. The average Bonchev–Trinajstić information content (AvgIpc) is 2.55. The zero-order valence-corrected chi connectivity index (χ0v) is 11.2. The Balaban J connectivity index is 1.95. The van der Waals surface area contributed by atoms with E-state index in [1.165, 1.54) is 22.5 Å². The predicted molar refractivity (Wildman–Crippen MR) is 79.0 cm³/mol. The molecule has 0 bridgehead atoms. The standard InChI is InChI=1S/C18H15N2/c1-2-7-15-14(6-1)11-13-20-17(15)9-5-10-18(20)16-8-3-4-12-19-16/h1-10,12H,11,13H2/q+1. The summed E-state index contributed by atoms with van der Waals surface area (Å²) < 4.78 is 2.38. The molecule has 0 saturated carbocycles. The summed E-state index contributed by atoms with van der Waals surface area (Å²) in [6.07, 6.45) is 2.93. The number of hydrogen-bond acceptors (Lipinski definition) is 1. The summed E-state index contributed by atoms with van der Waals surface area (Å²) in [6.45, 7) is 1.01. The summed E-state index contributed by atoms with van der Waals surface area (Å²) in [5.74, 6) is 0. The third-order valence-electron chi connectivity index (χ3n) is 3.92. The first kappa shape index (κ1) is 11.4. The smallest absolute Gasteiger partial charge is 0.231 e. The number of pyridine rings is 2. The van der Waals surface area contributed by atoms with Crippen molar-refractivity contribution in [1.82, 2.24) is 4.98 Å². The van der Waals surface area contributed by atoms with Gasteiger partial charge in [-0.1, -0.05) is 24.3 Å². The van der Waals surface area contributed by atoms with E-state index in [1.54, 1.807) is 0 Å². The lowest BCUT2D eigenvalue weighted by Crippen LogP contribution is -2.42. The lowest BCUT2D eigenvalue weighted by Gasteiger charge is -2.16. The topological polar surface area (TPSA) is 16.8 Å². The quantitative estimate of drug-likeness (QED) is 0.613. The highest BCUT2D eigenvalue weighted by Gasteiger charge is 2.25. The van der Waals surface area contributed by atoms with E-state index in [9.17, 15) is 0 Å². The van der Waals surface area contributed by atoms with Crippen molar-refractivity contribution in [2.24, 2.45) is 0 Å². The lowest BCUT2D eigenvalue weighted by molar-refractivity contribution is -0.677. The molecule has 20 heavy (non-hydrogen) atoms. The molecule has 4 rings (SSSR count). The molecule has 0 unspecified atom stereocenters. The fourth-order valence-electron chi connectivity index (χ4n) is 2.97. The van der Waals surface area contributed by atoms with Crippen LogP contribution in [0, 0.1) is 0 Å². The number of hydrogen-bond donors (Lipinski definition) is 0. The van der Waals surface area contributed by atoms with Gasteiger partial charge < -0.3 is 0 Å². The molecule has 3 aromatic rings. The molecule has 0 saturated heterocycles. The van der Waals surface area contributed by atoms with Gasteiger partial charge in [0.1, 0.15) is 5.69 Å². The molecule has 2 nitrogen and oxygen atoms in total. The van der Waals surface area contributed by atoms with E-state index in [4.69, 9.17) is 0 Å². The van der Waals surface area contributed by atoms with Crippen LogP contribution in [0.1, 0.15) is 5.56 Å². The number of fused-ring (bicyclic) bond motifs is 3. The highest BCUT2D eigenvalue weighted by Crippen LogP contribution is 2.27. The molecule has 1 aliphatic rings. The maximum atomic E-state index is 4.49. The van der Waals surface area contributed by atoms with Crippen molar-refractivity contribution in [3.05, 3.63) is 72.4 Å². The van der Waals surface area contributed by atoms with Gasteiger partial charge in [-0.25, -0.2) is 4.98 Å². The summed E-state index contributed by atoms with van der Waals surface area (Å²) in [6, 6.07) is 21.2. The Morgan fingerprint density at radius 2 is 1.65 bits per heavy atom. The second-order valence-corrected chi connectivity index (χ2v) is 5.07. The maximum absolute atomic E-state index is 4.49. The van der Waals surface area contributed by atoms with E-state index in [2.05, 4.69) is 58.1 Å². The van der Waals surface area contributed by atoms with E-state index in [0.29, 0.717) is 0 Å². The predicted octanol–water partition coefficient (Wildman–Crippen LogP) is 3.26. The van der Waals surface area contributed by atoms with Crippen LogP contribution in [0.3, 0.4) is 0 Å². The fraction of sp³-hybridized carbons (Fsp3) is 0.111. The van der Waals surface area contributed by atoms with Crippen LogP contribution in [0.2, 0.25) is 0 Å². The summed E-state index contributed by atoms with van der Waals surface area (Å²) in [5, 5.41) is 0. The molecule has 0 fully saturated rings. The highest BCUT2D eigenvalue weighted by atomic mass is 15.0. The summed E-state index contributed by atoms with van der Waals surface area (Å²) in [5.41, 5.74) is 6.29.